The van der Waals surface area contributed by atoms with Crippen molar-refractivity contribution in [3.8, 4) is 0 Å². The summed E-state index contributed by atoms with van der Waals surface area (Å²) in [5, 5.41) is 54.2. The lowest BCUT2D eigenvalue weighted by Crippen LogP contribution is -2.62. The van der Waals surface area contributed by atoms with Crippen LogP contribution in [-0.2, 0) is 19.0 Å². The Hall–Kier alpha value is -1.07. The standard InChI is InChI=1S/C29H44O9/c1-14-23(32)24(33)25(34)26(37-14)38-17-6-8-27(2)16(11-17)4-5-19-18(27)7-9-28(3)22(15-10-21(31)36-13-15)20(30)12-29(19,28)35/h10,14,16-20,22-26,30,32-35H,4-9,11-13H2,1-3H3/t14-,16-,17+,18-,19-,20+,22+,23+,24+,25+,26-,27+,28-,29+/m1/s1. The highest BCUT2D eigenvalue weighted by Gasteiger charge is 2.70. The lowest BCUT2D eigenvalue weighted by Gasteiger charge is -2.63. The Labute approximate surface area is 224 Å². The largest absolute Gasteiger partial charge is 0.458 e. The first-order valence-electron chi connectivity index (χ1n) is 14.5. The minimum Gasteiger partial charge on any atom is -0.458 e. The maximum atomic E-state index is 12.4. The van der Waals surface area contributed by atoms with Gasteiger partial charge in [0.15, 0.2) is 6.29 Å². The van der Waals surface area contributed by atoms with Crippen molar-refractivity contribution in [2.45, 2.75) is 121 Å². The van der Waals surface area contributed by atoms with E-state index in [4.69, 9.17) is 14.2 Å². The molecule has 6 aliphatic rings. The fraction of sp³-hybridized carbons (Fsp3) is 0.897. The molecular formula is C29H44O9. The summed E-state index contributed by atoms with van der Waals surface area (Å²) in [6.07, 6.45) is 1.83. The lowest BCUT2D eigenvalue weighted by molar-refractivity contribution is -0.310. The molecule has 5 N–H and O–H groups in total. The van der Waals surface area contributed by atoms with Crippen molar-refractivity contribution < 1.29 is 44.5 Å². The summed E-state index contributed by atoms with van der Waals surface area (Å²) in [5.41, 5.74) is -0.658. The van der Waals surface area contributed by atoms with Crippen LogP contribution in [0.1, 0.15) is 72.1 Å². The van der Waals surface area contributed by atoms with Crippen LogP contribution in [0.3, 0.4) is 0 Å². The van der Waals surface area contributed by atoms with Crippen molar-refractivity contribution in [3.05, 3.63) is 11.6 Å². The van der Waals surface area contributed by atoms with Gasteiger partial charge in [-0.15, -0.1) is 0 Å². The van der Waals surface area contributed by atoms with Crippen LogP contribution >= 0.6 is 0 Å². The van der Waals surface area contributed by atoms with Crippen molar-refractivity contribution >= 4 is 5.97 Å². The van der Waals surface area contributed by atoms with Gasteiger partial charge < -0.3 is 39.7 Å². The van der Waals surface area contributed by atoms with Gasteiger partial charge in [0.25, 0.3) is 0 Å². The normalized spacial score (nSPS) is 56.5. The second-order valence-corrected chi connectivity index (χ2v) is 13.7. The van der Waals surface area contributed by atoms with E-state index in [-0.39, 0.29) is 35.9 Å². The van der Waals surface area contributed by atoms with Crippen molar-refractivity contribution in [1.29, 1.82) is 0 Å². The minimum absolute atomic E-state index is 0.0314. The molecule has 9 heteroatoms. The number of aliphatic hydroxyl groups excluding tert-OH is 4. The quantitative estimate of drug-likeness (QED) is 0.267. The van der Waals surface area contributed by atoms with Crippen LogP contribution in [0.4, 0.5) is 0 Å². The predicted molar refractivity (Wildman–Crippen MR) is 134 cm³/mol. The van der Waals surface area contributed by atoms with Gasteiger partial charge in [-0.25, -0.2) is 4.79 Å². The molecule has 5 fully saturated rings. The molecule has 2 aliphatic heterocycles. The highest BCUT2D eigenvalue weighted by atomic mass is 16.7. The van der Waals surface area contributed by atoms with Crippen LogP contribution in [0.15, 0.2) is 11.6 Å². The van der Waals surface area contributed by atoms with Gasteiger partial charge in [-0.05, 0) is 80.6 Å². The summed E-state index contributed by atoms with van der Waals surface area (Å²) in [4.78, 5) is 11.8. The molecule has 2 heterocycles. The Morgan fingerprint density at radius 2 is 1.74 bits per heavy atom. The van der Waals surface area contributed by atoms with E-state index in [9.17, 15) is 30.3 Å². The van der Waals surface area contributed by atoms with Crippen LogP contribution < -0.4 is 0 Å². The second kappa shape index (κ2) is 9.23. The third-order valence-corrected chi connectivity index (χ3v) is 12.0. The maximum absolute atomic E-state index is 12.4. The van der Waals surface area contributed by atoms with E-state index in [1.165, 1.54) is 6.08 Å². The molecule has 38 heavy (non-hydrogen) atoms. The lowest BCUT2D eigenvalue weighted by atomic mass is 9.43. The molecule has 4 aliphatic carbocycles. The van der Waals surface area contributed by atoms with Crippen LogP contribution in [0.25, 0.3) is 0 Å². The maximum Gasteiger partial charge on any atom is 0.331 e. The van der Waals surface area contributed by atoms with Crippen LogP contribution in [0.5, 0.6) is 0 Å². The number of aliphatic hydroxyl groups is 5. The Morgan fingerprint density at radius 3 is 2.45 bits per heavy atom. The van der Waals surface area contributed by atoms with Crippen molar-refractivity contribution in [2.75, 3.05) is 6.61 Å². The first-order chi connectivity index (χ1) is 17.9. The number of ether oxygens (including phenoxy) is 3. The topological polar surface area (TPSA) is 146 Å². The zero-order valence-electron chi connectivity index (χ0n) is 22.7. The Balaban J connectivity index is 1.18. The van der Waals surface area contributed by atoms with E-state index in [1.807, 2.05) is 0 Å². The van der Waals surface area contributed by atoms with E-state index in [0.717, 1.165) is 50.5 Å². The third kappa shape index (κ3) is 3.80. The molecule has 214 valence electrons. The van der Waals surface area contributed by atoms with Gasteiger partial charge in [0.1, 0.15) is 24.9 Å². The average molecular weight is 537 g/mol. The van der Waals surface area contributed by atoms with Gasteiger partial charge in [0.2, 0.25) is 0 Å². The van der Waals surface area contributed by atoms with E-state index >= 15 is 0 Å². The van der Waals surface area contributed by atoms with Crippen molar-refractivity contribution in [1.82, 2.24) is 0 Å². The summed E-state index contributed by atoms with van der Waals surface area (Å²) < 4.78 is 17.1. The van der Waals surface area contributed by atoms with E-state index in [1.54, 1.807) is 6.92 Å². The Kier molecular flexibility index (Phi) is 6.58. The molecule has 4 saturated carbocycles. The van der Waals surface area contributed by atoms with Crippen LogP contribution in [-0.4, -0.2) is 86.6 Å². The molecule has 14 atom stereocenters. The molecular weight excluding hydrogens is 492 g/mol. The van der Waals surface area contributed by atoms with Gasteiger partial charge in [0.05, 0.1) is 23.9 Å². The molecule has 0 bridgehead atoms. The smallest absolute Gasteiger partial charge is 0.331 e. The van der Waals surface area contributed by atoms with E-state index in [0.29, 0.717) is 18.3 Å². The molecule has 0 unspecified atom stereocenters. The molecule has 0 amide bonds. The molecule has 0 aromatic heterocycles. The number of cyclic esters (lactones) is 1. The summed E-state index contributed by atoms with van der Waals surface area (Å²) in [5.74, 6) is 0.176. The molecule has 0 aromatic rings. The Morgan fingerprint density at radius 1 is 0.974 bits per heavy atom. The van der Waals surface area contributed by atoms with E-state index in [2.05, 4.69) is 13.8 Å². The summed E-state index contributed by atoms with van der Waals surface area (Å²) in [7, 11) is 0. The SMILES string of the molecule is C[C@H]1O[C@H](O[C@H]2CC[C@@]3(C)[C@H](CC[C@@H]4[C@H]3CC[C@]3(C)[C@@H](C5=CC(=O)OC5)[C@@H](O)C[C@]43O)C2)[C@@H](O)[C@@H](O)[C@H]1O. The van der Waals surface area contributed by atoms with Gasteiger partial charge >= 0.3 is 5.97 Å². The molecule has 0 spiro atoms. The summed E-state index contributed by atoms with van der Waals surface area (Å²) >= 11 is 0. The number of carbonyl (C=O) groups excluding carboxylic acids is 1. The monoisotopic (exact) mass is 536 g/mol. The molecule has 9 nitrogen and oxygen atoms in total. The fourth-order valence-corrected chi connectivity index (χ4v) is 9.89. The first kappa shape index (κ1) is 27.1. The molecule has 6 rings (SSSR count). The number of fused-ring (bicyclic) bond motifs is 5. The highest BCUT2D eigenvalue weighted by molar-refractivity contribution is 5.85. The zero-order chi connectivity index (χ0) is 27.2. The fourth-order valence-electron chi connectivity index (χ4n) is 9.89. The van der Waals surface area contributed by atoms with Gasteiger partial charge in [-0.2, -0.15) is 0 Å². The average Bonchev–Trinajstić information content (AvgIpc) is 3.37. The first-order valence-corrected chi connectivity index (χ1v) is 14.5. The predicted octanol–water partition coefficient (Wildman–Crippen LogP) is 1.43. The number of hydrogen-bond donors (Lipinski definition) is 5. The van der Waals surface area contributed by atoms with Crippen molar-refractivity contribution in [2.24, 2.45) is 34.5 Å². The zero-order valence-corrected chi connectivity index (χ0v) is 22.7. The minimum atomic E-state index is -1.30. The number of rotatable bonds is 3. The van der Waals surface area contributed by atoms with Crippen LogP contribution in [0.2, 0.25) is 0 Å². The summed E-state index contributed by atoms with van der Waals surface area (Å²) in [6.45, 7) is 6.33. The number of esters is 1. The number of carbonyl (C=O) groups is 1. The Bertz CT molecular complexity index is 985. The van der Waals surface area contributed by atoms with Gasteiger partial charge in [-0.1, -0.05) is 13.8 Å². The van der Waals surface area contributed by atoms with Crippen molar-refractivity contribution in [3.63, 3.8) is 0 Å². The summed E-state index contributed by atoms with van der Waals surface area (Å²) in [6, 6.07) is 0. The molecule has 0 radical (unpaired) electrons. The highest BCUT2D eigenvalue weighted by Crippen LogP contribution is 2.70. The van der Waals surface area contributed by atoms with Gasteiger partial charge in [0, 0.05) is 23.8 Å². The molecule has 0 aromatic carbocycles. The molecule has 1 saturated heterocycles. The van der Waals surface area contributed by atoms with Crippen LogP contribution in [0, 0.1) is 34.5 Å². The third-order valence-electron chi connectivity index (χ3n) is 12.0. The second-order valence-electron chi connectivity index (χ2n) is 13.7. The number of hydrogen-bond acceptors (Lipinski definition) is 9. The van der Waals surface area contributed by atoms with E-state index < -0.39 is 47.8 Å². The van der Waals surface area contributed by atoms with Gasteiger partial charge in [-0.3, -0.25) is 0 Å².